The van der Waals surface area contributed by atoms with Crippen LogP contribution in [-0.2, 0) is 19.4 Å². The van der Waals surface area contributed by atoms with Gasteiger partial charge in [0.15, 0.2) is 0 Å². The van der Waals surface area contributed by atoms with Crippen molar-refractivity contribution in [1.82, 2.24) is 14.9 Å². The molecule has 0 N–H and O–H groups in total. The summed E-state index contributed by atoms with van der Waals surface area (Å²) in [5.41, 5.74) is 4.53. The van der Waals surface area contributed by atoms with Crippen molar-refractivity contribution in [3.8, 4) is 11.3 Å². The van der Waals surface area contributed by atoms with Crippen molar-refractivity contribution >= 4 is 11.3 Å². The fraction of sp³-hybridized carbons (Fsp3) is 0.294. The molecule has 0 saturated heterocycles. The van der Waals surface area contributed by atoms with Crippen LogP contribution >= 0.6 is 11.3 Å². The Kier molecular flexibility index (Phi) is 3.74. The van der Waals surface area contributed by atoms with E-state index in [4.69, 9.17) is 4.42 Å². The summed E-state index contributed by atoms with van der Waals surface area (Å²) >= 11 is 1.83. The number of thiophene rings is 1. The topological polar surface area (TPSA) is 42.2 Å². The highest BCUT2D eigenvalue weighted by atomic mass is 32.1. The van der Waals surface area contributed by atoms with Crippen molar-refractivity contribution in [3.63, 3.8) is 0 Å². The number of hydrogen-bond acceptors (Lipinski definition) is 5. The van der Waals surface area contributed by atoms with Crippen LogP contribution in [0.25, 0.3) is 11.3 Å². The van der Waals surface area contributed by atoms with Crippen LogP contribution < -0.4 is 0 Å². The maximum atomic E-state index is 5.21. The first-order valence-electron chi connectivity index (χ1n) is 7.50. The second kappa shape index (κ2) is 6.02. The summed E-state index contributed by atoms with van der Waals surface area (Å²) < 4.78 is 5.21. The van der Waals surface area contributed by atoms with Crippen LogP contribution in [-0.4, -0.2) is 28.0 Å². The Bertz CT molecular complexity index is 737. The standard InChI is InChI=1S/C17H17N3OS/c1-2-14(22-9-1)10-20-6-3-15-16(4-7-20)18-12-19-17(15)13-5-8-21-11-13/h1-2,5,8-9,11-12H,3-4,6-7,10H2. The highest BCUT2D eigenvalue weighted by Crippen LogP contribution is 2.26. The molecule has 0 fully saturated rings. The maximum Gasteiger partial charge on any atom is 0.116 e. The van der Waals surface area contributed by atoms with Gasteiger partial charge in [0.25, 0.3) is 0 Å². The normalized spacial score (nSPS) is 15.5. The van der Waals surface area contributed by atoms with E-state index in [1.165, 1.54) is 16.1 Å². The van der Waals surface area contributed by atoms with Crippen molar-refractivity contribution in [1.29, 1.82) is 0 Å². The SMILES string of the molecule is c1csc(CN2CCc3ncnc(-c4ccoc4)c3CC2)c1. The van der Waals surface area contributed by atoms with E-state index in [1.54, 1.807) is 18.9 Å². The lowest BCUT2D eigenvalue weighted by Gasteiger charge is -2.18. The molecule has 0 spiro atoms. The van der Waals surface area contributed by atoms with Gasteiger partial charge in [-0.3, -0.25) is 4.90 Å². The molecule has 5 heteroatoms. The van der Waals surface area contributed by atoms with Crippen molar-refractivity contribution in [3.05, 3.63) is 58.6 Å². The molecule has 0 amide bonds. The monoisotopic (exact) mass is 311 g/mol. The molecule has 1 aliphatic heterocycles. The summed E-state index contributed by atoms with van der Waals surface area (Å²) in [6.07, 6.45) is 7.10. The van der Waals surface area contributed by atoms with E-state index >= 15 is 0 Å². The molecule has 0 aromatic carbocycles. The van der Waals surface area contributed by atoms with Gasteiger partial charge in [-0.1, -0.05) is 6.07 Å². The van der Waals surface area contributed by atoms with Gasteiger partial charge in [-0.25, -0.2) is 9.97 Å². The van der Waals surface area contributed by atoms with Crippen molar-refractivity contribution in [2.75, 3.05) is 13.1 Å². The summed E-state index contributed by atoms with van der Waals surface area (Å²) in [6, 6.07) is 6.30. The van der Waals surface area contributed by atoms with Gasteiger partial charge in [-0.2, -0.15) is 0 Å². The molecule has 4 rings (SSSR count). The Balaban J connectivity index is 1.58. The number of rotatable bonds is 3. The molecule has 0 radical (unpaired) electrons. The molecule has 1 aliphatic rings. The molecule has 0 unspecified atom stereocenters. The van der Waals surface area contributed by atoms with Crippen molar-refractivity contribution < 1.29 is 4.42 Å². The van der Waals surface area contributed by atoms with Gasteiger partial charge in [0.05, 0.1) is 18.2 Å². The minimum Gasteiger partial charge on any atom is -0.472 e. The molecule has 112 valence electrons. The first-order valence-corrected chi connectivity index (χ1v) is 8.38. The highest BCUT2D eigenvalue weighted by Gasteiger charge is 2.19. The van der Waals surface area contributed by atoms with Gasteiger partial charge in [-0.15, -0.1) is 11.3 Å². The lowest BCUT2D eigenvalue weighted by atomic mass is 10.0. The van der Waals surface area contributed by atoms with E-state index in [0.29, 0.717) is 0 Å². The molecule has 22 heavy (non-hydrogen) atoms. The van der Waals surface area contributed by atoms with Crippen molar-refractivity contribution in [2.45, 2.75) is 19.4 Å². The van der Waals surface area contributed by atoms with Crippen LogP contribution in [0, 0.1) is 0 Å². The predicted octanol–water partition coefficient (Wildman–Crippen LogP) is 3.40. The number of hydrogen-bond donors (Lipinski definition) is 0. The second-order valence-corrected chi connectivity index (χ2v) is 6.55. The molecule has 0 atom stereocenters. The predicted molar refractivity (Wildman–Crippen MR) is 86.7 cm³/mol. The third kappa shape index (κ3) is 2.69. The molecule has 4 nitrogen and oxygen atoms in total. The van der Waals surface area contributed by atoms with Crippen LogP contribution in [0.2, 0.25) is 0 Å². The van der Waals surface area contributed by atoms with Crippen LogP contribution in [0.3, 0.4) is 0 Å². The number of furan rings is 1. The molecular formula is C17H17N3OS. The fourth-order valence-electron chi connectivity index (χ4n) is 3.00. The summed E-state index contributed by atoms with van der Waals surface area (Å²) in [7, 11) is 0. The van der Waals surface area contributed by atoms with Gasteiger partial charge < -0.3 is 4.42 Å². The summed E-state index contributed by atoms with van der Waals surface area (Å²) in [4.78, 5) is 12.9. The third-order valence-electron chi connectivity index (χ3n) is 4.13. The molecule has 4 heterocycles. The van der Waals surface area contributed by atoms with Crippen LogP contribution in [0.4, 0.5) is 0 Å². The lowest BCUT2D eigenvalue weighted by molar-refractivity contribution is 0.281. The summed E-state index contributed by atoms with van der Waals surface area (Å²) in [5.74, 6) is 0. The summed E-state index contributed by atoms with van der Waals surface area (Å²) in [5, 5.41) is 2.14. The smallest absolute Gasteiger partial charge is 0.116 e. The Labute approximate surface area is 133 Å². The zero-order valence-electron chi connectivity index (χ0n) is 12.2. The Morgan fingerprint density at radius 1 is 1.18 bits per heavy atom. The van der Waals surface area contributed by atoms with E-state index in [0.717, 1.165) is 43.7 Å². The first kappa shape index (κ1) is 13.7. The van der Waals surface area contributed by atoms with E-state index in [-0.39, 0.29) is 0 Å². The van der Waals surface area contributed by atoms with Gasteiger partial charge in [-0.05, 0) is 23.9 Å². The number of nitrogens with zero attached hydrogens (tertiary/aromatic N) is 3. The molecular weight excluding hydrogens is 294 g/mol. The Hall–Kier alpha value is -1.98. The first-order chi connectivity index (χ1) is 10.9. The molecule has 3 aromatic rings. The van der Waals surface area contributed by atoms with Gasteiger partial charge >= 0.3 is 0 Å². The van der Waals surface area contributed by atoms with E-state index < -0.39 is 0 Å². The van der Waals surface area contributed by atoms with Crippen LogP contribution in [0.1, 0.15) is 16.1 Å². The van der Waals surface area contributed by atoms with Crippen LogP contribution in [0.15, 0.2) is 46.8 Å². The van der Waals surface area contributed by atoms with Gasteiger partial charge in [0.2, 0.25) is 0 Å². The zero-order valence-corrected chi connectivity index (χ0v) is 13.1. The quantitative estimate of drug-likeness (QED) is 0.743. The number of aromatic nitrogens is 2. The minimum atomic E-state index is 0.980. The van der Waals surface area contributed by atoms with E-state index in [1.807, 2.05) is 17.4 Å². The number of fused-ring (bicyclic) bond motifs is 1. The average Bonchev–Trinajstić information content (AvgIpc) is 3.20. The molecule has 3 aromatic heterocycles. The molecule has 0 bridgehead atoms. The summed E-state index contributed by atoms with van der Waals surface area (Å²) in [6.45, 7) is 3.12. The third-order valence-corrected chi connectivity index (χ3v) is 4.99. The lowest BCUT2D eigenvalue weighted by Crippen LogP contribution is -2.25. The maximum absolute atomic E-state index is 5.21. The molecule has 0 aliphatic carbocycles. The average molecular weight is 311 g/mol. The zero-order chi connectivity index (χ0) is 14.8. The Morgan fingerprint density at radius 3 is 2.95 bits per heavy atom. The van der Waals surface area contributed by atoms with E-state index in [2.05, 4.69) is 32.4 Å². The van der Waals surface area contributed by atoms with E-state index in [9.17, 15) is 0 Å². The fourth-order valence-corrected chi connectivity index (χ4v) is 3.75. The highest BCUT2D eigenvalue weighted by molar-refractivity contribution is 7.09. The minimum absolute atomic E-state index is 0.980. The van der Waals surface area contributed by atoms with Crippen molar-refractivity contribution in [2.24, 2.45) is 0 Å². The van der Waals surface area contributed by atoms with Gasteiger partial charge in [0.1, 0.15) is 6.33 Å². The second-order valence-electron chi connectivity index (χ2n) is 5.52. The largest absolute Gasteiger partial charge is 0.472 e. The van der Waals surface area contributed by atoms with Gasteiger partial charge in [0, 0.05) is 47.8 Å². The molecule has 0 saturated carbocycles. The Morgan fingerprint density at radius 2 is 2.14 bits per heavy atom. The van der Waals surface area contributed by atoms with Crippen LogP contribution in [0.5, 0.6) is 0 Å².